The lowest BCUT2D eigenvalue weighted by Gasteiger charge is -2.49. The van der Waals surface area contributed by atoms with E-state index >= 15 is 0 Å². The van der Waals surface area contributed by atoms with Crippen LogP contribution < -0.4 is 11.1 Å². The number of thioether (sulfide) groups is 1. The standard InChI is InChI=1S/C32H34N8O7S2/c1-38-13-15-39(16-14-38)32(44)46-17-21-18-48-29-23(34-27(41)22(36-45-2)26-35-31(33)49-37-26)28(42)40(29)24(21)30(43)47-25(19-9-5-3-6-10-19)20-11-7-4-8-12-20/h3-12,23,25,29H,13-18H2,1-2H3,(H,34,41)(H2,33,35,37)/t23?,29-/m1/s1. The fraction of sp³-hybridized carbons (Fsp3) is 0.344. The molecule has 0 saturated carbocycles. The summed E-state index contributed by atoms with van der Waals surface area (Å²) in [6.45, 7) is 2.23. The number of aromatic nitrogens is 2. The number of nitrogens with zero attached hydrogens (tertiary/aromatic N) is 6. The summed E-state index contributed by atoms with van der Waals surface area (Å²) in [4.78, 5) is 68.1. The minimum Gasteiger partial charge on any atom is -0.448 e. The molecule has 49 heavy (non-hydrogen) atoms. The normalized spacial score (nSPS) is 19.7. The number of carbonyl (C=O) groups is 4. The van der Waals surface area contributed by atoms with Crippen molar-refractivity contribution in [2.45, 2.75) is 17.5 Å². The summed E-state index contributed by atoms with van der Waals surface area (Å²) in [5, 5.41) is 5.87. The third-order valence-corrected chi connectivity index (χ3v) is 10.0. The zero-order valence-corrected chi connectivity index (χ0v) is 28.3. The van der Waals surface area contributed by atoms with Crippen molar-refractivity contribution in [1.29, 1.82) is 0 Å². The van der Waals surface area contributed by atoms with Crippen LogP contribution in [-0.4, -0.2) is 118 Å². The molecule has 3 aromatic rings. The summed E-state index contributed by atoms with van der Waals surface area (Å²) in [6.07, 6.45) is -1.30. The average Bonchev–Trinajstić information content (AvgIpc) is 3.56. The number of piperazine rings is 1. The van der Waals surface area contributed by atoms with E-state index in [4.69, 9.17) is 20.0 Å². The fourth-order valence-corrected chi connectivity index (χ4v) is 7.34. The van der Waals surface area contributed by atoms with E-state index in [9.17, 15) is 19.2 Å². The van der Waals surface area contributed by atoms with Crippen LogP contribution in [0.2, 0.25) is 0 Å². The minimum absolute atomic E-state index is 0.0259. The molecule has 3 aliphatic heterocycles. The lowest BCUT2D eigenvalue weighted by molar-refractivity contribution is -0.154. The van der Waals surface area contributed by atoms with Gasteiger partial charge in [0.25, 0.3) is 11.8 Å². The average molecular weight is 707 g/mol. The zero-order chi connectivity index (χ0) is 34.5. The minimum atomic E-state index is -1.02. The number of carbonyl (C=O) groups excluding carboxylic acids is 4. The van der Waals surface area contributed by atoms with Crippen molar-refractivity contribution in [3.8, 4) is 0 Å². The highest BCUT2D eigenvalue weighted by atomic mass is 32.2. The number of rotatable bonds is 10. The molecule has 1 aromatic heterocycles. The maximum Gasteiger partial charge on any atom is 0.410 e. The van der Waals surface area contributed by atoms with Gasteiger partial charge in [0.05, 0.1) is 0 Å². The van der Waals surface area contributed by atoms with Crippen LogP contribution in [0.15, 0.2) is 77.1 Å². The van der Waals surface area contributed by atoms with Gasteiger partial charge in [-0.2, -0.15) is 9.36 Å². The monoisotopic (exact) mass is 706 g/mol. The van der Waals surface area contributed by atoms with E-state index in [1.165, 1.54) is 23.8 Å². The molecule has 15 nitrogen and oxygen atoms in total. The van der Waals surface area contributed by atoms with Crippen LogP contribution in [0, 0.1) is 0 Å². The summed E-state index contributed by atoms with van der Waals surface area (Å²) >= 11 is 2.19. The molecule has 1 unspecified atom stereocenters. The van der Waals surface area contributed by atoms with Gasteiger partial charge >= 0.3 is 12.1 Å². The highest BCUT2D eigenvalue weighted by Crippen LogP contribution is 2.42. The number of hydrogen-bond acceptors (Lipinski definition) is 14. The van der Waals surface area contributed by atoms with Crippen LogP contribution in [0.1, 0.15) is 23.1 Å². The molecule has 4 heterocycles. The second-order valence-corrected chi connectivity index (χ2v) is 13.2. The Bertz CT molecular complexity index is 1720. The molecule has 0 bridgehead atoms. The largest absolute Gasteiger partial charge is 0.448 e. The van der Waals surface area contributed by atoms with Gasteiger partial charge < -0.3 is 35.2 Å². The molecule has 2 saturated heterocycles. The Hall–Kier alpha value is -5.00. The number of ether oxygens (including phenoxy) is 2. The Morgan fingerprint density at radius 2 is 1.69 bits per heavy atom. The van der Waals surface area contributed by atoms with Crippen LogP contribution in [-0.2, 0) is 28.7 Å². The van der Waals surface area contributed by atoms with Gasteiger partial charge in [-0.15, -0.1) is 11.8 Å². The Balaban J connectivity index is 1.26. The van der Waals surface area contributed by atoms with Gasteiger partial charge in [0.1, 0.15) is 30.8 Å². The number of benzene rings is 2. The first-order valence-corrected chi connectivity index (χ1v) is 17.2. The predicted octanol–water partition coefficient (Wildman–Crippen LogP) is 1.84. The molecular weight excluding hydrogens is 673 g/mol. The molecule has 0 radical (unpaired) electrons. The highest BCUT2D eigenvalue weighted by molar-refractivity contribution is 8.00. The van der Waals surface area contributed by atoms with Crippen molar-refractivity contribution in [2.75, 3.05) is 58.4 Å². The first-order valence-electron chi connectivity index (χ1n) is 15.3. The van der Waals surface area contributed by atoms with Crippen LogP contribution in [0.4, 0.5) is 9.93 Å². The number of nitrogens with two attached hydrogens (primary N) is 1. The van der Waals surface area contributed by atoms with Crippen molar-refractivity contribution in [1.82, 2.24) is 29.4 Å². The third kappa shape index (κ3) is 7.38. The number of nitrogens with one attached hydrogen (secondary N) is 1. The Labute approximate surface area is 290 Å². The first-order chi connectivity index (χ1) is 23.7. The molecule has 0 aliphatic carbocycles. The molecule has 0 spiro atoms. The number of fused-ring (bicyclic) bond motifs is 1. The van der Waals surface area contributed by atoms with Gasteiger partial charge in [-0.3, -0.25) is 14.5 Å². The number of esters is 1. The van der Waals surface area contributed by atoms with E-state index in [0.29, 0.717) is 31.8 Å². The van der Waals surface area contributed by atoms with Crippen LogP contribution in [0.3, 0.4) is 0 Å². The van der Waals surface area contributed by atoms with E-state index in [1.54, 1.807) is 4.90 Å². The summed E-state index contributed by atoms with van der Waals surface area (Å²) in [7, 11) is 3.24. The molecule has 2 aromatic carbocycles. The molecule has 3 amide bonds. The lowest BCUT2D eigenvalue weighted by atomic mass is 10.0. The summed E-state index contributed by atoms with van der Waals surface area (Å²) in [5.74, 6) is -1.91. The van der Waals surface area contributed by atoms with Crippen molar-refractivity contribution < 1.29 is 33.5 Å². The lowest BCUT2D eigenvalue weighted by Crippen LogP contribution is -2.71. The number of β-lactam (4-membered cyclic amide) rings is 1. The predicted molar refractivity (Wildman–Crippen MR) is 181 cm³/mol. The molecule has 3 aliphatic rings. The molecule has 6 rings (SSSR count). The van der Waals surface area contributed by atoms with Crippen molar-refractivity contribution in [3.05, 3.63) is 88.9 Å². The fourth-order valence-electron chi connectivity index (χ4n) is 5.58. The number of amides is 3. The van der Waals surface area contributed by atoms with Gasteiger partial charge in [-0.25, -0.2) is 9.59 Å². The molecule has 17 heteroatoms. The molecule has 2 fully saturated rings. The van der Waals surface area contributed by atoms with Gasteiger partial charge in [0, 0.05) is 49.0 Å². The highest BCUT2D eigenvalue weighted by Gasteiger charge is 2.55. The van der Waals surface area contributed by atoms with Crippen LogP contribution in [0.25, 0.3) is 0 Å². The van der Waals surface area contributed by atoms with E-state index in [2.05, 4.69) is 24.7 Å². The number of likely N-dealkylation sites (N-methyl/N-ethyl adjacent to an activating group) is 1. The summed E-state index contributed by atoms with van der Waals surface area (Å²) < 4.78 is 15.9. The molecule has 256 valence electrons. The zero-order valence-electron chi connectivity index (χ0n) is 26.7. The number of nitrogen functional groups attached to an aromatic ring is 1. The maximum atomic E-state index is 14.2. The smallest absolute Gasteiger partial charge is 0.410 e. The first kappa shape index (κ1) is 33.9. The Kier molecular flexibility index (Phi) is 10.4. The van der Waals surface area contributed by atoms with Gasteiger partial charge in [-0.1, -0.05) is 65.8 Å². The van der Waals surface area contributed by atoms with Crippen LogP contribution >= 0.6 is 23.3 Å². The van der Waals surface area contributed by atoms with E-state index in [-0.39, 0.29) is 34.7 Å². The van der Waals surface area contributed by atoms with Crippen LogP contribution in [0.5, 0.6) is 0 Å². The van der Waals surface area contributed by atoms with Gasteiger partial charge in [-0.05, 0) is 18.2 Å². The SMILES string of the molecule is CON=C(C(=O)NC1C(=O)N2C(C(=O)OC(c3ccccc3)c3ccccc3)=C(COC(=O)N3CCN(C)CC3)CS[C@H]12)c1nsc(N)n1. The summed E-state index contributed by atoms with van der Waals surface area (Å²) in [5.41, 5.74) is 7.27. The maximum absolute atomic E-state index is 14.2. The van der Waals surface area contributed by atoms with Gasteiger partial charge in [0.2, 0.25) is 11.5 Å². The Morgan fingerprint density at radius 1 is 1.04 bits per heavy atom. The van der Waals surface area contributed by atoms with E-state index in [1.807, 2.05) is 67.7 Å². The molecule has 3 N–H and O–H groups in total. The van der Waals surface area contributed by atoms with Crippen molar-refractivity contribution in [3.63, 3.8) is 0 Å². The topological polar surface area (TPSA) is 182 Å². The second kappa shape index (κ2) is 15.0. The Morgan fingerprint density at radius 3 is 2.29 bits per heavy atom. The van der Waals surface area contributed by atoms with Crippen molar-refractivity contribution >= 4 is 58.0 Å². The van der Waals surface area contributed by atoms with E-state index < -0.39 is 41.4 Å². The summed E-state index contributed by atoms with van der Waals surface area (Å²) in [6, 6.07) is 17.5. The number of anilines is 1. The third-order valence-electron chi connectivity index (χ3n) is 8.14. The quantitative estimate of drug-likeness (QED) is 0.135. The molecular formula is C32H34N8O7S2. The van der Waals surface area contributed by atoms with Gasteiger partial charge in [0.15, 0.2) is 11.2 Å². The van der Waals surface area contributed by atoms with Crippen molar-refractivity contribution in [2.24, 2.45) is 5.16 Å². The number of hydrogen-bond donors (Lipinski definition) is 2. The van der Waals surface area contributed by atoms with E-state index in [0.717, 1.165) is 22.7 Å². The number of oxime groups is 1. The second-order valence-electron chi connectivity index (χ2n) is 11.3. The molecule has 2 atom stereocenters.